The molecule has 0 aromatic heterocycles. The minimum absolute atomic E-state index is 0.0776. The van der Waals surface area contributed by atoms with Crippen LogP contribution in [0, 0.1) is 0 Å². The number of para-hydroxylation sites is 8. The third-order valence-corrected chi connectivity index (χ3v) is 13.8. The topological polar surface area (TPSA) is 31.4 Å². The van der Waals surface area contributed by atoms with Crippen LogP contribution in [-0.2, 0) is 0 Å². The molecule has 6 aliphatic rings. The summed E-state index contributed by atoms with van der Waals surface area (Å²) in [6, 6.07) is 70.2. The number of hydrogen-bond acceptors (Lipinski definition) is 6. The molecule has 8 heteroatoms. The molecule has 6 nitrogen and oxygen atoms in total. The summed E-state index contributed by atoms with van der Waals surface area (Å²) in [6.07, 6.45) is 0. The Bertz CT molecular complexity index is 3210. The van der Waals surface area contributed by atoms with E-state index in [4.69, 9.17) is 9.47 Å². The molecule has 0 atom stereocenters. The lowest BCUT2D eigenvalue weighted by Gasteiger charge is -2.47. The van der Waals surface area contributed by atoms with E-state index in [1.165, 1.54) is 33.2 Å². The summed E-state index contributed by atoms with van der Waals surface area (Å²) < 4.78 is 14.2. The molecule has 62 heavy (non-hydrogen) atoms. The van der Waals surface area contributed by atoms with E-state index < -0.39 is 0 Å². The second kappa shape index (κ2) is 11.8. The maximum atomic E-state index is 7.09. The highest BCUT2D eigenvalue weighted by Gasteiger charge is 2.50. The Morgan fingerprint density at radius 3 is 1.08 bits per heavy atom. The van der Waals surface area contributed by atoms with Crippen LogP contribution in [0.3, 0.4) is 0 Å². The number of hydrogen-bond donors (Lipinski definition) is 0. The van der Waals surface area contributed by atoms with E-state index in [0.29, 0.717) is 0 Å². The largest absolute Gasteiger partial charge is 0.458 e. The highest BCUT2D eigenvalue weighted by Crippen LogP contribution is 2.58. The second-order valence-corrected chi connectivity index (χ2v) is 16.8. The number of fused-ring (bicyclic) bond motifs is 14. The highest BCUT2D eigenvalue weighted by atomic mass is 16.5. The SMILES string of the molecule is c1ccc(N2c3ccccc3N3c4ccccc4B4c5cc6c(cc5Oc5ccc2c3c54)Oc2ccc3c4c2B6c2ccccc2N4c2ccccc2N3c2ccccc2)cc1. The van der Waals surface area contributed by atoms with Crippen molar-refractivity contribution in [2.75, 3.05) is 19.6 Å². The molecule has 6 aliphatic heterocycles. The fraction of sp³-hybridized carbons (Fsp3) is 0. The van der Waals surface area contributed by atoms with Crippen molar-refractivity contribution in [1.29, 1.82) is 0 Å². The Balaban J connectivity index is 0.974. The molecule has 0 unspecified atom stereocenters. The fourth-order valence-corrected chi connectivity index (χ4v) is 11.4. The van der Waals surface area contributed by atoms with Gasteiger partial charge in [0.2, 0.25) is 0 Å². The number of anilines is 12. The smallest absolute Gasteiger partial charge is 0.256 e. The van der Waals surface area contributed by atoms with Crippen molar-refractivity contribution in [3.05, 3.63) is 194 Å². The van der Waals surface area contributed by atoms with E-state index in [1.54, 1.807) is 0 Å². The zero-order valence-electron chi connectivity index (χ0n) is 33.2. The average Bonchev–Trinajstić information content (AvgIpc) is 3.33. The van der Waals surface area contributed by atoms with E-state index in [0.717, 1.165) is 90.8 Å². The van der Waals surface area contributed by atoms with Crippen LogP contribution in [-0.4, -0.2) is 13.4 Å². The van der Waals surface area contributed by atoms with Crippen molar-refractivity contribution in [1.82, 2.24) is 0 Å². The number of ether oxygens (including phenoxy) is 2. The van der Waals surface area contributed by atoms with Gasteiger partial charge in [0.25, 0.3) is 13.4 Å². The minimum Gasteiger partial charge on any atom is -0.458 e. The van der Waals surface area contributed by atoms with Gasteiger partial charge in [0.05, 0.1) is 45.5 Å². The van der Waals surface area contributed by atoms with Crippen molar-refractivity contribution >= 4 is 114 Å². The van der Waals surface area contributed by atoms with Gasteiger partial charge in [-0.1, -0.05) is 103 Å². The predicted octanol–water partition coefficient (Wildman–Crippen LogP) is 10.1. The summed E-state index contributed by atoms with van der Waals surface area (Å²) in [6.45, 7) is -0.155. The fourth-order valence-electron chi connectivity index (χ4n) is 11.4. The Labute approximate surface area is 359 Å². The summed E-state index contributed by atoms with van der Waals surface area (Å²) in [5.74, 6) is 3.40. The molecular formula is C54H32B2N4O2. The molecule has 0 N–H and O–H groups in total. The van der Waals surface area contributed by atoms with Crippen LogP contribution in [0.1, 0.15) is 0 Å². The normalized spacial score (nSPS) is 14.5. The van der Waals surface area contributed by atoms with Crippen LogP contribution in [0.5, 0.6) is 23.0 Å². The van der Waals surface area contributed by atoms with E-state index in [-0.39, 0.29) is 13.4 Å². The monoisotopic (exact) mass is 790 g/mol. The molecule has 0 saturated carbocycles. The molecule has 0 spiro atoms. The quantitative estimate of drug-likeness (QED) is 0.162. The van der Waals surface area contributed by atoms with Gasteiger partial charge in [-0.05, 0) is 118 Å². The number of nitrogens with zero attached hydrogens (tertiary/aromatic N) is 4. The van der Waals surface area contributed by atoms with Gasteiger partial charge >= 0.3 is 0 Å². The highest BCUT2D eigenvalue weighted by molar-refractivity contribution is 7.02. The van der Waals surface area contributed by atoms with E-state index in [1.807, 2.05) is 0 Å². The molecule has 0 saturated heterocycles. The predicted molar refractivity (Wildman–Crippen MR) is 255 cm³/mol. The zero-order chi connectivity index (χ0) is 40.2. The van der Waals surface area contributed by atoms with Crippen LogP contribution in [0.2, 0.25) is 0 Å². The van der Waals surface area contributed by atoms with Crippen LogP contribution < -0.4 is 61.9 Å². The van der Waals surface area contributed by atoms with E-state index in [2.05, 4.69) is 214 Å². The third kappa shape index (κ3) is 4.07. The van der Waals surface area contributed by atoms with Gasteiger partial charge in [0.15, 0.2) is 0 Å². The Morgan fingerprint density at radius 2 is 0.645 bits per heavy atom. The first-order valence-corrected chi connectivity index (χ1v) is 21.3. The molecule has 6 heterocycles. The van der Waals surface area contributed by atoms with Crippen LogP contribution in [0.25, 0.3) is 0 Å². The first-order chi connectivity index (χ1) is 30.8. The maximum absolute atomic E-state index is 7.09. The summed E-state index contributed by atoms with van der Waals surface area (Å²) in [5.41, 5.74) is 20.9. The zero-order valence-corrected chi connectivity index (χ0v) is 33.2. The summed E-state index contributed by atoms with van der Waals surface area (Å²) in [7, 11) is 0. The molecule has 0 aliphatic carbocycles. The maximum Gasteiger partial charge on any atom is 0.256 e. The second-order valence-electron chi connectivity index (χ2n) is 16.8. The van der Waals surface area contributed by atoms with Crippen molar-refractivity contribution in [3.63, 3.8) is 0 Å². The average molecular weight is 791 g/mol. The Kier molecular flexibility index (Phi) is 6.23. The van der Waals surface area contributed by atoms with Gasteiger partial charge < -0.3 is 29.1 Å². The van der Waals surface area contributed by atoms with Gasteiger partial charge in [0.1, 0.15) is 23.0 Å². The Hall–Kier alpha value is -8.09. The van der Waals surface area contributed by atoms with Crippen LogP contribution in [0.15, 0.2) is 194 Å². The molecule has 9 aromatic carbocycles. The number of benzene rings is 9. The number of rotatable bonds is 2. The summed E-state index contributed by atoms with van der Waals surface area (Å²) >= 11 is 0. The van der Waals surface area contributed by atoms with E-state index >= 15 is 0 Å². The molecule has 0 radical (unpaired) electrons. The molecule has 0 fully saturated rings. The van der Waals surface area contributed by atoms with Crippen molar-refractivity contribution in [2.45, 2.75) is 0 Å². The molecule has 15 rings (SSSR count). The van der Waals surface area contributed by atoms with Gasteiger partial charge in [-0.2, -0.15) is 0 Å². The lowest BCUT2D eigenvalue weighted by Crippen LogP contribution is -2.63. The lowest BCUT2D eigenvalue weighted by molar-refractivity contribution is 0.465. The molecule has 0 bridgehead atoms. The first kappa shape index (κ1) is 32.7. The molecule has 286 valence electrons. The first-order valence-electron chi connectivity index (χ1n) is 21.3. The molecular weight excluding hydrogens is 758 g/mol. The third-order valence-electron chi connectivity index (χ3n) is 13.8. The van der Waals surface area contributed by atoms with E-state index in [9.17, 15) is 0 Å². The lowest BCUT2D eigenvalue weighted by atomic mass is 9.31. The minimum atomic E-state index is -0.0776. The summed E-state index contributed by atoms with van der Waals surface area (Å²) in [4.78, 5) is 9.75. The van der Waals surface area contributed by atoms with Gasteiger partial charge in [-0.3, -0.25) is 0 Å². The van der Waals surface area contributed by atoms with Crippen molar-refractivity contribution < 1.29 is 9.47 Å². The standard InChI is InChI=1S/C54H32B2N4O2/c1-3-15-33(16-4-1)57-41-23-11-13-25-43(41)59-39-21-9-7-19-35(39)55-37-31-38-50(32-49(37)61-47-29-27-45(57)53(59)51(47)55)62-48-30-28-46-54-52(48)56(38)36-20-8-10-22-40(36)60(54)44-26-14-12-24-42(44)58(46)34-17-5-2-6-18-34/h1-32H. The van der Waals surface area contributed by atoms with Crippen molar-refractivity contribution in [2.24, 2.45) is 0 Å². The van der Waals surface area contributed by atoms with Gasteiger partial charge in [0, 0.05) is 28.8 Å². The van der Waals surface area contributed by atoms with Crippen molar-refractivity contribution in [3.8, 4) is 23.0 Å². The molecule has 9 aromatic rings. The van der Waals surface area contributed by atoms with Crippen LogP contribution in [0.4, 0.5) is 68.2 Å². The molecule has 0 amide bonds. The summed E-state index contributed by atoms with van der Waals surface area (Å²) in [5, 5.41) is 0. The van der Waals surface area contributed by atoms with Gasteiger partial charge in [-0.15, -0.1) is 0 Å². The Morgan fingerprint density at radius 1 is 0.274 bits per heavy atom. The van der Waals surface area contributed by atoms with Gasteiger partial charge in [-0.25, -0.2) is 0 Å². The van der Waals surface area contributed by atoms with Crippen LogP contribution >= 0.6 is 0 Å².